The molecule has 0 saturated heterocycles. The van der Waals surface area contributed by atoms with Gasteiger partial charge in [0.25, 0.3) is 0 Å². The fourth-order valence-electron chi connectivity index (χ4n) is 2.06. The van der Waals surface area contributed by atoms with Crippen molar-refractivity contribution < 1.29 is 4.79 Å². The summed E-state index contributed by atoms with van der Waals surface area (Å²) in [4.78, 5) is 11.9. The number of rotatable bonds is 7. The van der Waals surface area contributed by atoms with E-state index in [2.05, 4.69) is 49.6 Å². The quantitative estimate of drug-likeness (QED) is 0.793. The maximum absolute atomic E-state index is 11.9. The minimum atomic E-state index is -0.167. The van der Waals surface area contributed by atoms with Gasteiger partial charge in [-0.25, -0.2) is 0 Å². The Morgan fingerprint density at radius 1 is 1.32 bits per heavy atom. The van der Waals surface area contributed by atoms with Gasteiger partial charge in [0, 0.05) is 12.6 Å². The topological polar surface area (TPSA) is 41.1 Å². The smallest absolute Gasteiger partial charge is 0.237 e. The Balaban J connectivity index is 2.38. The van der Waals surface area contributed by atoms with Crippen molar-refractivity contribution in [2.75, 3.05) is 0 Å². The molecule has 2 atom stereocenters. The van der Waals surface area contributed by atoms with Crippen LogP contribution < -0.4 is 10.6 Å². The Labute approximate surface area is 116 Å². The molecule has 0 aliphatic carbocycles. The lowest BCUT2D eigenvalue weighted by atomic mass is 10.1. The van der Waals surface area contributed by atoms with Crippen LogP contribution >= 0.6 is 0 Å². The van der Waals surface area contributed by atoms with E-state index in [1.807, 2.05) is 13.0 Å². The van der Waals surface area contributed by atoms with Crippen molar-refractivity contribution in [2.45, 2.75) is 59.2 Å². The maximum atomic E-state index is 11.9. The van der Waals surface area contributed by atoms with E-state index in [0.29, 0.717) is 0 Å². The van der Waals surface area contributed by atoms with Gasteiger partial charge in [-0.1, -0.05) is 43.2 Å². The summed E-state index contributed by atoms with van der Waals surface area (Å²) in [6, 6.07) is 8.41. The Morgan fingerprint density at radius 2 is 2.05 bits per heavy atom. The Bertz CT molecular complexity index is 403. The predicted molar refractivity (Wildman–Crippen MR) is 80.0 cm³/mol. The Morgan fingerprint density at radius 3 is 2.68 bits per heavy atom. The van der Waals surface area contributed by atoms with Gasteiger partial charge in [-0.2, -0.15) is 0 Å². The van der Waals surface area contributed by atoms with Gasteiger partial charge in [0.05, 0.1) is 6.04 Å². The third-order valence-corrected chi connectivity index (χ3v) is 3.20. The minimum Gasteiger partial charge on any atom is -0.352 e. The first-order valence-electron chi connectivity index (χ1n) is 7.12. The fraction of sp³-hybridized carbons (Fsp3) is 0.562. The summed E-state index contributed by atoms with van der Waals surface area (Å²) >= 11 is 0. The van der Waals surface area contributed by atoms with Crippen LogP contribution in [0.15, 0.2) is 24.3 Å². The molecule has 0 fully saturated rings. The summed E-state index contributed by atoms with van der Waals surface area (Å²) < 4.78 is 0. The van der Waals surface area contributed by atoms with Crippen LogP contribution in [0.4, 0.5) is 0 Å². The molecule has 3 nitrogen and oxygen atoms in total. The maximum Gasteiger partial charge on any atom is 0.237 e. The predicted octanol–water partition coefficient (Wildman–Crippen LogP) is 2.78. The van der Waals surface area contributed by atoms with Gasteiger partial charge < -0.3 is 10.6 Å². The zero-order valence-corrected chi connectivity index (χ0v) is 12.5. The van der Waals surface area contributed by atoms with Crippen LogP contribution in [0, 0.1) is 6.92 Å². The van der Waals surface area contributed by atoms with E-state index in [9.17, 15) is 4.79 Å². The van der Waals surface area contributed by atoms with E-state index in [1.54, 1.807) is 0 Å². The summed E-state index contributed by atoms with van der Waals surface area (Å²) in [5.41, 5.74) is 2.45. The second-order valence-corrected chi connectivity index (χ2v) is 5.29. The first-order chi connectivity index (χ1) is 9.02. The molecule has 1 amide bonds. The van der Waals surface area contributed by atoms with E-state index in [0.717, 1.165) is 19.4 Å². The number of benzene rings is 1. The molecule has 0 bridgehead atoms. The summed E-state index contributed by atoms with van der Waals surface area (Å²) in [5, 5.41) is 6.29. The molecule has 0 spiro atoms. The third kappa shape index (κ3) is 5.88. The number of aryl methyl sites for hydroxylation is 1. The van der Waals surface area contributed by atoms with Crippen molar-refractivity contribution in [3.8, 4) is 0 Å². The molecule has 106 valence electrons. The molecule has 0 aromatic heterocycles. The van der Waals surface area contributed by atoms with Crippen molar-refractivity contribution in [1.29, 1.82) is 0 Å². The largest absolute Gasteiger partial charge is 0.352 e. The zero-order chi connectivity index (χ0) is 14.3. The molecule has 19 heavy (non-hydrogen) atoms. The molecule has 3 heteroatoms. The average molecular weight is 262 g/mol. The lowest BCUT2D eigenvalue weighted by Crippen LogP contribution is -2.45. The monoisotopic (exact) mass is 262 g/mol. The lowest BCUT2D eigenvalue weighted by molar-refractivity contribution is -0.123. The highest BCUT2D eigenvalue weighted by Gasteiger charge is 2.14. The van der Waals surface area contributed by atoms with Gasteiger partial charge in [-0.15, -0.1) is 0 Å². The van der Waals surface area contributed by atoms with Crippen LogP contribution in [0.1, 0.15) is 44.7 Å². The summed E-state index contributed by atoms with van der Waals surface area (Å²) in [7, 11) is 0. The SMILES string of the molecule is CCCC(C)NC(=O)C(C)NCc1cccc(C)c1. The number of nitrogens with one attached hydrogen (secondary N) is 2. The van der Waals surface area contributed by atoms with Gasteiger partial charge in [-0.3, -0.25) is 4.79 Å². The van der Waals surface area contributed by atoms with Crippen molar-refractivity contribution in [3.05, 3.63) is 35.4 Å². The highest BCUT2D eigenvalue weighted by Crippen LogP contribution is 2.04. The highest BCUT2D eigenvalue weighted by atomic mass is 16.2. The van der Waals surface area contributed by atoms with E-state index in [-0.39, 0.29) is 18.0 Å². The average Bonchev–Trinajstić information content (AvgIpc) is 2.36. The van der Waals surface area contributed by atoms with Crippen molar-refractivity contribution in [1.82, 2.24) is 10.6 Å². The van der Waals surface area contributed by atoms with E-state index < -0.39 is 0 Å². The van der Waals surface area contributed by atoms with Crippen molar-refractivity contribution in [3.63, 3.8) is 0 Å². The van der Waals surface area contributed by atoms with Gasteiger partial charge in [0.15, 0.2) is 0 Å². The standard InChI is InChI=1S/C16H26N2O/c1-5-7-13(3)18-16(19)14(4)17-11-15-9-6-8-12(2)10-15/h6,8-10,13-14,17H,5,7,11H2,1-4H3,(H,18,19). The van der Waals surface area contributed by atoms with E-state index in [1.165, 1.54) is 11.1 Å². The molecule has 0 saturated carbocycles. The third-order valence-electron chi connectivity index (χ3n) is 3.20. The van der Waals surface area contributed by atoms with E-state index >= 15 is 0 Å². The van der Waals surface area contributed by atoms with Crippen molar-refractivity contribution >= 4 is 5.91 Å². The van der Waals surface area contributed by atoms with Crippen molar-refractivity contribution in [2.24, 2.45) is 0 Å². The number of carbonyl (C=O) groups is 1. The highest BCUT2D eigenvalue weighted by molar-refractivity contribution is 5.81. The van der Waals surface area contributed by atoms with Crippen LogP contribution in [0.5, 0.6) is 0 Å². The second-order valence-electron chi connectivity index (χ2n) is 5.29. The molecular formula is C16H26N2O. The number of carbonyl (C=O) groups excluding carboxylic acids is 1. The molecule has 0 aliphatic heterocycles. The molecular weight excluding hydrogens is 236 g/mol. The fourth-order valence-corrected chi connectivity index (χ4v) is 2.06. The molecule has 1 aromatic carbocycles. The molecule has 0 heterocycles. The van der Waals surface area contributed by atoms with E-state index in [4.69, 9.17) is 0 Å². The lowest BCUT2D eigenvalue weighted by Gasteiger charge is -2.18. The first-order valence-corrected chi connectivity index (χ1v) is 7.12. The van der Waals surface area contributed by atoms with Gasteiger partial charge in [0.1, 0.15) is 0 Å². The second kappa shape index (κ2) is 7.95. The molecule has 1 rings (SSSR count). The number of hydrogen-bond acceptors (Lipinski definition) is 2. The van der Waals surface area contributed by atoms with Crippen LogP contribution in [-0.2, 0) is 11.3 Å². The molecule has 1 aromatic rings. The van der Waals surface area contributed by atoms with Gasteiger partial charge in [0.2, 0.25) is 5.91 Å². The molecule has 0 radical (unpaired) electrons. The molecule has 0 aliphatic rings. The van der Waals surface area contributed by atoms with Crippen LogP contribution in [0.3, 0.4) is 0 Å². The Hall–Kier alpha value is -1.35. The van der Waals surface area contributed by atoms with Gasteiger partial charge in [-0.05, 0) is 32.8 Å². The molecule has 2 N–H and O–H groups in total. The summed E-state index contributed by atoms with van der Waals surface area (Å²) in [5.74, 6) is 0.0774. The number of amides is 1. The summed E-state index contributed by atoms with van der Waals surface area (Å²) in [6.07, 6.45) is 2.11. The van der Waals surface area contributed by atoms with Gasteiger partial charge >= 0.3 is 0 Å². The Kier molecular flexibility index (Phi) is 6.57. The zero-order valence-electron chi connectivity index (χ0n) is 12.5. The summed E-state index contributed by atoms with van der Waals surface area (Å²) in [6.45, 7) is 8.88. The minimum absolute atomic E-state index is 0.0774. The first kappa shape index (κ1) is 15.7. The van der Waals surface area contributed by atoms with Crippen LogP contribution in [0.2, 0.25) is 0 Å². The number of hydrogen-bond donors (Lipinski definition) is 2. The molecule has 2 unspecified atom stereocenters. The van der Waals surface area contributed by atoms with Crippen LogP contribution in [0.25, 0.3) is 0 Å². The normalized spacial score (nSPS) is 13.9. The van der Waals surface area contributed by atoms with Crippen LogP contribution in [-0.4, -0.2) is 18.0 Å².